The minimum Gasteiger partial charge on any atom is -0.496 e. The highest BCUT2D eigenvalue weighted by atomic mass is 32.1. The highest BCUT2D eigenvalue weighted by molar-refractivity contribution is 7.71. The van der Waals surface area contributed by atoms with E-state index in [1.807, 2.05) is 19.1 Å². The quantitative estimate of drug-likeness (QED) is 0.815. The van der Waals surface area contributed by atoms with Gasteiger partial charge in [-0.3, -0.25) is 0 Å². The van der Waals surface area contributed by atoms with Crippen molar-refractivity contribution in [3.05, 3.63) is 34.2 Å². The summed E-state index contributed by atoms with van der Waals surface area (Å²) in [6, 6.07) is 6.21. The number of hydrogen-bond donors (Lipinski definition) is 2. The van der Waals surface area contributed by atoms with Gasteiger partial charge in [-0.1, -0.05) is 13.8 Å². The number of aromatic amines is 2. The molecule has 0 aliphatic heterocycles. The number of H-pyrrole nitrogens is 2. The fourth-order valence-corrected chi connectivity index (χ4v) is 2.36. The van der Waals surface area contributed by atoms with Gasteiger partial charge in [0.2, 0.25) is 0 Å². The van der Waals surface area contributed by atoms with Crippen molar-refractivity contribution in [2.75, 3.05) is 7.11 Å². The van der Waals surface area contributed by atoms with Crippen LogP contribution in [0.15, 0.2) is 18.2 Å². The number of aromatic nitrogens is 2. The Labute approximate surface area is 112 Å². The van der Waals surface area contributed by atoms with Crippen LogP contribution in [0, 0.1) is 11.7 Å². The van der Waals surface area contributed by atoms with Crippen molar-refractivity contribution in [3.63, 3.8) is 0 Å². The fraction of sp³-hybridized carbons (Fsp3) is 0.357. The van der Waals surface area contributed by atoms with Gasteiger partial charge in [-0.25, -0.2) is 0 Å². The lowest BCUT2D eigenvalue weighted by Gasteiger charge is -2.13. The number of aryl methyl sites for hydroxylation is 1. The largest absolute Gasteiger partial charge is 0.496 e. The Kier molecular flexibility index (Phi) is 3.57. The Morgan fingerprint density at radius 3 is 2.44 bits per heavy atom. The van der Waals surface area contributed by atoms with Crippen molar-refractivity contribution >= 4 is 12.2 Å². The predicted molar refractivity (Wildman–Crippen MR) is 76.8 cm³/mol. The average molecular weight is 262 g/mol. The first-order valence-corrected chi connectivity index (χ1v) is 6.41. The van der Waals surface area contributed by atoms with Crippen LogP contribution in [0.4, 0.5) is 0 Å². The monoisotopic (exact) mass is 262 g/mol. The van der Waals surface area contributed by atoms with E-state index in [0.29, 0.717) is 10.7 Å². The van der Waals surface area contributed by atoms with Gasteiger partial charge >= 0.3 is 0 Å². The second kappa shape index (κ2) is 4.98. The summed E-state index contributed by atoms with van der Waals surface area (Å²) in [5.41, 5.74) is 4.43. The molecule has 96 valence electrons. The standard InChI is InChI=1S/C14H18N2OS/c1-8(2)11-7-10(5-6-12(11)17-4)13-9(3)15-14(18)16-13/h5-8H,1-4H3,(H2,15,16,18). The Bertz CT molecular complexity index is 610. The fourth-order valence-electron chi connectivity index (χ4n) is 2.10. The van der Waals surface area contributed by atoms with Gasteiger partial charge in [-0.2, -0.15) is 0 Å². The Balaban J connectivity index is 2.56. The molecule has 0 saturated carbocycles. The van der Waals surface area contributed by atoms with Gasteiger partial charge in [0.15, 0.2) is 4.77 Å². The molecule has 2 aromatic rings. The molecule has 2 N–H and O–H groups in total. The summed E-state index contributed by atoms with van der Waals surface area (Å²) in [5, 5.41) is 0. The Morgan fingerprint density at radius 2 is 1.94 bits per heavy atom. The minimum absolute atomic E-state index is 0.419. The van der Waals surface area contributed by atoms with E-state index in [1.165, 1.54) is 5.56 Å². The van der Waals surface area contributed by atoms with Crippen LogP contribution in [0.3, 0.4) is 0 Å². The molecule has 3 nitrogen and oxygen atoms in total. The number of ether oxygens (including phenoxy) is 1. The van der Waals surface area contributed by atoms with Crippen molar-refractivity contribution in [1.29, 1.82) is 0 Å². The highest BCUT2D eigenvalue weighted by Gasteiger charge is 2.11. The summed E-state index contributed by atoms with van der Waals surface area (Å²) in [6.07, 6.45) is 0. The van der Waals surface area contributed by atoms with Crippen LogP contribution in [0.1, 0.15) is 31.0 Å². The second-order valence-electron chi connectivity index (χ2n) is 4.69. The van der Waals surface area contributed by atoms with Gasteiger partial charge in [0.05, 0.1) is 12.8 Å². The number of imidazole rings is 1. The van der Waals surface area contributed by atoms with Crippen LogP contribution in [0.5, 0.6) is 5.75 Å². The van der Waals surface area contributed by atoms with E-state index < -0.39 is 0 Å². The first-order chi connectivity index (χ1) is 8.52. The van der Waals surface area contributed by atoms with Crippen molar-refractivity contribution in [2.24, 2.45) is 0 Å². The molecule has 0 bridgehead atoms. The third kappa shape index (κ3) is 2.34. The maximum Gasteiger partial charge on any atom is 0.175 e. The molecule has 18 heavy (non-hydrogen) atoms. The minimum atomic E-state index is 0.419. The van der Waals surface area contributed by atoms with Gasteiger partial charge in [-0.15, -0.1) is 0 Å². The molecule has 0 unspecified atom stereocenters. The lowest BCUT2D eigenvalue weighted by atomic mass is 9.98. The number of rotatable bonds is 3. The van der Waals surface area contributed by atoms with E-state index in [9.17, 15) is 0 Å². The van der Waals surface area contributed by atoms with E-state index in [0.717, 1.165) is 22.7 Å². The SMILES string of the molecule is COc1ccc(-c2[nH]c(=S)[nH]c2C)cc1C(C)C. The topological polar surface area (TPSA) is 40.8 Å². The van der Waals surface area contributed by atoms with Crippen molar-refractivity contribution in [1.82, 2.24) is 9.97 Å². The first-order valence-electron chi connectivity index (χ1n) is 6.00. The molecule has 0 spiro atoms. The Morgan fingerprint density at radius 1 is 1.22 bits per heavy atom. The van der Waals surface area contributed by atoms with Crippen molar-refractivity contribution in [3.8, 4) is 17.0 Å². The van der Waals surface area contributed by atoms with Crippen LogP contribution in [0.25, 0.3) is 11.3 Å². The summed E-state index contributed by atoms with van der Waals surface area (Å²) in [4.78, 5) is 6.29. The van der Waals surface area contributed by atoms with E-state index >= 15 is 0 Å². The molecule has 0 aliphatic carbocycles. The zero-order valence-corrected chi connectivity index (χ0v) is 11.9. The van der Waals surface area contributed by atoms with Gasteiger partial charge in [0.1, 0.15) is 5.75 Å². The molecule has 0 amide bonds. The van der Waals surface area contributed by atoms with Crippen LogP contribution in [-0.4, -0.2) is 17.1 Å². The van der Waals surface area contributed by atoms with Crippen LogP contribution >= 0.6 is 12.2 Å². The molecule has 0 saturated heterocycles. The molecule has 1 heterocycles. The molecule has 2 rings (SSSR count). The summed E-state index contributed by atoms with van der Waals surface area (Å²) >= 11 is 5.12. The molecular weight excluding hydrogens is 244 g/mol. The van der Waals surface area contributed by atoms with Gasteiger partial charge in [0, 0.05) is 11.3 Å². The van der Waals surface area contributed by atoms with Gasteiger partial charge in [-0.05, 0) is 48.8 Å². The maximum absolute atomic E-state index is 5.39. The summed E-state index contributed by atoms with van der Waals surface area (Å²) < 4.78 is 6.05. The molecular formula is C14H18N2OS. The van der Waals surface area contributed by atoms with Crippen LogP contribution in [-0.2, 0) is 0 Å². The van der Waals surface area contributed by atoms with Crippen LogP contribution < -0.4 is 4.74 Å². The average Bonchev–Trinajstić information content (AvgIpc) is 2.67. The van der Waals surface area contributed by atoms with Gasteiger partial charge < -0.3 is 14.7 Å². The zero-order chi connectivity index (χ0) is 13.3. The molecule has 0 radical (unpaired) electrons. The number of nitrogens with one attached hydrogen (secondary N) is 2. The lowest BCUT2D eigenvalue weighted by molar-refractivity contribution is 0.407. The zero-order valence-electron chi connectivity index (χ0n) is 11.1. The van der Waals surface area contributed by atoms with E-state index in [2.05, 4.69) is 29.9 Å². The molecule has 0 fully saturated rings. The molecule has 0 atom stereocenters. The maximum atomic E-state index is 5.39. The lowest BCUT2D eigenvalue weighted by Crippen LogP contribution is -1.95. The first kappa shape index (κ1) is 12.9. The molecule has 1 aromatic heterocycles. The van der Waals surface area contributed by atoms with E-state index in [1.54, 1.807) is 7.11 Å². The van der Waals surface area contributed by atoms with Gasteiger partial charge in [0.25, 0.3) is 0 Å². The summed E-state index contributed by atoms with van der Waals surface area (Å²) in [6.45, 7) is 6.34. The molecule has 0 aliphatic rings. The highest BCUT2D eigenvalue weighted by Crippen LogP contribution is 2.31. The third-order valence-electron chi connectivity index (χ3n) is 3.05. The normalized spacial score (nSPS) is 10.9. The van der Waals surface area contributed by atoms with Crippen molar-refractivity contribution in [2.45, 2.75) is 26.7 Å². The predicted octanol–water partition coefficient (Wildman–Crippen LogP) is 4.18. The summed E-state index contributed by atoms with van der Waals surface area (Å²) in [5.74, 6) is 1.35. The number of hydrogen-bond acceptors (Lipinski definition) is 2. The number of methoxy groups -OCH3 is 1. The molecule has 4 heteroatoms. The summed E-state index contributed by atoms with van der Waals surface area (Å²) in [7, 11) is 1.70. The van der Waals surface area contributed by atoms with Crippen LogP contribution in [0.2, 0.25) is 0 Å². The number of benzene rings is 1. The van der Waals surface area contributed by atoms with E-state index in [4.69, 9.17) is 17.0 Å². The smallest absolute Gasteiger partial charge is 0.175 e. The van der Waals surface area contributed by atoms with E-state index in [-0.39, 0.29) is 0 Å². The second-order valence-corrected chi connectivity index (χ2v) is 5.10. The Hall–Kier alpha value is -1.55. The van der Waals surface area contributed by atoms with Crippen molar-refractivity contribution < 1.29 is 4.74 Å². The third-order valence-corrected chi connectivity index (χ3v) is 3.26. The molecule has 1 aromatic carbocycles.